The number of hydrogen-bond donors (Lipinski definition) is 1. The summed E-state index contributed by atoms with van der Waals surface area (Å²) in [6.07, 6.45) is 1.75. The molecule has 1 rings (SSSR count). The lowest BCUT2D eigenvalue weighted by Gasteiger charge is -1.92. The molecule has 0 radical (unpaired) electrons. The van der Waals surface area contributed by atoms with Crippen molar-refractivity contribution in [1.82, 2.24) is 9.07 Å². The van der Waals surface area contributed by atoms with Crippen LogP contribution in [0.25, 0.3) is 0 Å². The van der Waals surface area contributed by atoms with Crippen LogP contribution >= 0.6 is 11.8 Å². The highest BCUT2D eigenvalue weighted by molar-refractivity contribution is 6.15. The molecule has 4 heteroatoms. The summed E-state index contributed by atoms with van der Waals surface area (Å²) in [5, 5.41) is 3.05. The van der Waals surface area contributed by atoms with Gasteiger partial charge in [0.2, 0.25) is 0 Å². The lowest BCUT2D eigenvalue weighted by molar-refractivity contribution is 1.08. The van der Waals surface area contributed by atoms with Crippen LogP contribution in [0, 0.1) is 6.92 Å². The van der Waals surface area contributed by atoms with Gasteiger partial charge in [0.1, 0.15) is 11.6 Å². The fraction of sp³-hybridized carbons (Fsp3) is 0.500. The molecule has 0 amide bonds. The Kier molecular flexibility index (Phi) is 2.17. The van der Waals surface area contributed by atoms with Crippen molar-refractivity contribution in [1.29, 1.82) is 0 Å². The molecule has 0 aromatic carbocycles. The van der Waals surface area contributed by atoms with Crippen LogP contribution in [0.4, 0.5) is 5.82 Å². The SMILES string of the molecule is CCNc1cn(Cl)c(C)n1. The smallest absolute Gasteiger partial charge is 0.146 e. The lowest BCUT2D eigenvalue weighted by atomic mass is 10.7. The van der Waals surface area contributed by atoms with E-state index in [1.807, 2.05) is 13.8 Å². The molecule has 0 aliphatic carbocycles. The largest absolute Gasteiger partial charge is 0.369 e. The molecule has 0 bridgehead atoms. The van der Waals surface area contributed by atoms with Crippen LogP contribution in [0.1, 0.15) is 12.7 Å². The molecule has 1 heterocycles. The van der Waals surface area contributed by atoms with E-state index in [2.05, 4.69) is 10.3 Å². The lowest BCUT2D eigenvalue weighted by Crippen LogP contribution is -1.95. The van der Waals surface area contributed by atoms with Gasteiger partial charge in [0.15, 0.2) is 0 Å². The van der Waals surface area contributed by atoms with Crippen molar-refractivity contribution in [2.45, 2.75) is 13.8 Å². The van der Waals surface area contributed by atoms with Gasteiger partial charge in [-0.05, 0) is 13.8 Å². The predicted octanol–water partition coefficient (Wildman–Crippen LogP) is 1.63. The molecule has 1 aromatic heterocycles. The fourth-order valence-electron chi connectivity index (χ4n) is 0.718. The fourth-order valence-corrected chi connectivity index (χ4v) is 0.848. The third-order valence-electron chi connectivity index (χ3n) is 1.18. The van der Waals surface area contributed by atoms with E-state index in [0.29, 0.717) is 0 Å². The Hall–Kier alpha value is -0.700. The number of nitrogens with zero attached hydrogens (tertiary/aromatic N) is 2. The number of rotatable bonds is 2. The van der Waals surface area contributed by atoms with E-state index >= 15 is 0 Å². The number of aromatic nitrogens is 2. The molecule has 0 aliphatic heterocycles. The third kappa shape index (κ3) is 1.42. The predicted molar refractivity (Wildman–Crippen MR) is 42.4 cm³/mol. The molecule has 1 N–H and O–H groups in total. The molecule has 1 aromatic rings. The molecule has 0 saturated carbocycles. The van der Waals surface area contributed by atoms with E-state index < -0.39 is 0 Å². The minimum atomic E-state index is 0.803. The second-order valence-corrected chi connectivity index (χ2v) is 2.38. The van der Waals surface area contributed by atoms with Crippen LogP contribution in [0.5, 0.6) is 0 Å². The van der Waals surface area contributed by atoms with E-state index in [0.717, 1.165) is 18.2 Å². The average Bonchev–Trinajstić information content (AvgIpc) is 2.14. The van der Waals surface area contributed by atoms with Gasteiger partial charge in [-0.1, -0.05) is 0 Å². The molecular formula is C6H10ClN3. The van der Waals surface area contributed by atoms with Crippen LogP contribution in [0.2, 0.25) is 0 Å². The highest BCUT2D eigenvalue weighted by atomic mass is 35.5. The first-order valence-corrected chi connectivity index (χ1v) is 3.54. The van der Waals surface area contributed by atoms with Crippen molar-refractivity contribution < 1.29 is 0 Å². The van der Waals surface area contributed by atoms with Crippen LogP contribution < -0.4 is 5.32 Å². The zero-order valence-corrected chi connectivity index (χ0v) is 6.81. The Morgan fingerprint density at radius 1 is 1.80 bits per heavy atom. The van der Waals surface area contributed by atoms with Crippen molar-refractivity contribution in [3.05, 3.63) is 12.0 Å². The van der Waals surface area contributed by atoms with Crippen molar-refractivity contribution in [3.63, 3.8) is 0 Å². The minimum absolute atomic E-state index is 0.803. The summed E-state index contributed by atoms with van der Waals surface area (Å²) in [4.78, 5) is 4.12. The molecule has 10 heavy (non-hydrogen) atoms. The quantitative estimate of drug-likeness (QED) is 0.711. The second kappa shape index (κ2) is 2.92. The summed E-state index contributed by atoms with van der Waals surface area (Å²) in [7, 11) is 0. The van der Waals surface area contributed by atoms with Gasteiger partial charge in [0.25, 0.3) is 0 Å². The summed E-state index contributed by atoms with van der Waals surface area (Å²) in [5.41, 5.74) is 0. The number of nitrogens with one attached hydrogen (secondary N) is 1. The van der Waals surface area contributed by atoms with Gasteiger partial charge in [0, 0.05) is 18.3 Å². The first-order chi connectivity index (χ1) is 4.74. The molecule has 0 spiro atoms. The number of halogens is 1. The Morgan fingerprint density at radius 3 is 2.90 bits per heavy atom. The molecule has 56 valence electrons. The summed E-state index contributed by atoms with van der Waals surface area (Å²) in [6.45, 7) is 4.74. The molecule has 0 atom stereocenters. The van der Waals surface area contributed by atoms with Gasteiger partial charge in [0.05, 0.1) is 6.20 Å². The molecular weight excluding hydrogens is 150 g/mol. The van der Waals surface area contributed by atoms with Crippen LogP contribution in [0.3, 0.4) is 0 Å². The van der Waals surface area contributed by atoms with Crippen molar-refractivity contribution in [2.75, 3.05) is 11.9 Å². The van der Waals surface area contributed by atoms with Crippen molar-refractivity contribution in [2.24, 2.45) is 0 Å². The highest BCUT2D eigenvalue weighted by Gasteiger charge is 1.98. The Balaban J connectivity index is 2.77. The maximum atomic E-state index is 5.68. The topological polar surface area (TPSA) is 29.9 Å². The van der Waals surface area contributed by atoms with Crippen LogP contribution in [-0.2, 0) is 0 Å². The number of imidazole rings is 1. The first kappa shape index (κ1) is 7.41. The monoisotopic (exact) mass is 159 g/mol. The van der Waals surface area contributed by atoms with E-state index in [-0.39, 0.29) is 0 Å². The van der Waals surface area contributed by atoms with E-state index in [4.69, 9.17) is 11.8 Å². The zero-order chi connectivity index (χ0) is 7.56. The molecule has 0 unspecified atom stereocenters. The van der Waals surface area contributed by atoms with Gasteiger partial charge in [-0.15, -0.1) is 0 Å². The summed E-state index contributed by atoms with van der Waals surface area (Å²) in [5.74, 6) is 1.63. The minimum Gasteiger partial charge on any atom is -0.369 e. The number of anilines is 1. The Bertz CT molecular complexity index is 199. The Labute approximate surface area is 65.1 Å². The number of hydrogen-bond acceptors (Lipinski definition) is 2. The highest BCUT2D eigenvalue weighted by Crippen LogP contribution is 2.07. The van der Waals surface area contributed by atoms with Crippen LogP contribution in [0.15, 0.2) is 6.20 Å². The normalized spacial score (nSPS) is 9.90. The van der Waals surface area contributed by atoms with E-state index in [1.54, 1.807) is 6.20 Å². The standard InChI is InChI=1S/C6H10ClN3/c1-3-8-6-4-10(7)5(2)9-6/h4,8H,3H2,1-2H3. The molecule has 3 nitrogen and oxygen atoms in total. The van der Waals surface area contributed by atoms with Crippen LogP contribution in [-0.4, -0.2) is 15.6 Å². The summed E-state index contributed by atoms with van der Waals surface area (Å²) in [6, 6.07) is 0. The number of aryl methyl sites for hydroxylation is 1. The first-order valence-electron chi connectivity index (χ1n) is 3.20. The van der Waals surface area contributed by atoms with Gasteiger partial charge in [-0.25, -0.2) is 9.07 Å². The maximum absolute atomic E-state index is 5.68. The molecule has 0 saturated heterocycles. The zero-order valence-electron chi connectivity index (χ0n) is 6.06. The van der Waals surface area contributed by atoms with Gasteiger partial charge >= 0.3 is 0 Å². The van der Waals surface area contributed by atoms with Crippen molar-refractivity contribution in [3.8, 4) is 0 Å². The second-order valence-electron chi connectivity index (χ2n) is 2.01. The average molecular weight is 160 g/mol. The van der Waals surface area contributed by atoms with E-state index in [1.165, 1.54) is 4.09 Å². The third-order valence-corrected chi connectivity index (χ3v) is 1.53. The summed E-state index contributed by atoms with van der Waals surface area (Å²) < 4.78 is 1.47. The Morgan fingerprint density at radius 2 is 2.50 bits per heavy atom. The maximum Gasteiger partial charge on any atom is 0.146 e. The molecule has 0 aliphatic rings. The summed E-state index contributed by atoms with van der Waals surface area (Å²) >= 11 is 5.68. The molecule has 0 fully saturated rings. The van der Waals surface area contributed by atoms with Gasteiger partial charge in [-0.3, -0.25) is 0 Å². The van der Waals surface area contributed by atoms with Crippen molar-refractivity contribution >= 4 is 17.6 Å². The van der Waals surface area contributed by atoms with Gasteiger partial charge < -0.3 is 5.32 Å². The van der Waals surface area contributed by atoms with E-state index in [9.17, 15) is 0 Å². The van der Waals surface area contributed by atoms with Gasteiger partial charge in [-0.2, -0.15) is 0 Å².